The summed E-state index contributed by atoms with van der Waals surface area (Å²) < 4.78 is 5.45. The van der Waals surface area contributed by atoms with Crippen LogP contribution >= 0.6 is 11.8 Å². The fourth-order valence-electron chi connectivity index (χ4n) is 3.68. The Labute approximate surface area is 202 Å². The number of Topliss-reactive ketones (excluding diaryl/α,β-unsaturated/α-hetero) is 1. The number of benzene rings is 2. The molecule has 2 amide bonds. The minimum absolute atomic E-state index is 0.00160. The van der Waals surface area contributed by atoms with Crippen LogP contribution in [0.15, 0.2) is 70.3 Å². The lowest BCUT2D eigenvalue weighted by Gasteiger charge is -2.15. The molecular weight excluding hydrogens is 450 g/mol. The Bertz CT molecular complexity index is 1230. The number of hydrogen-bond acceptors (Lipinski definition) is 6. The number of nitrogens with zero attached hydrogens (tertiary/aromatic N) is 2. The van der Waals surface area contributed by atoms with Crippen LogP contribution in [0.1, 0.15) is 40.6 Å². The van der Waals surface area contributed by atoms with Crippen LogP contribution in [-0.4, -0.2) is 32.9 Å². The van der Waals surface area contributed by atoms with E-state index in [0.29, 0.717) is 22.2 Å². The van der Waals surface area contributed by atoms with Crippen molar-refractivity contribution in [1.29, 1.82) is 0 Å². The van der Waals surface area contributed by atoms with Crippen LogP contribution in [-0.2, 0) is 16.1 Å². The zero-order valence-electron chi connectivity index (χ0n) is 19.2. The van der Waals surface area contributed by atoms with Gasteiger partial charge in [0.2, 0.25) is 11.8 Å². The number of carbonyl (C=O) groups excluding carboxylic acids is 3. The molecule has 7 nitrogen and oxygen atoms in total. The van der Waals surface area contributed by atoms with E-state index in [9.17, 15) is 14.4 Å². The van der Waals surface area contributed by atoms with E-state index in [1.54, 1.807) is 47.6 Å². The molecule has 0 saturated carbocycles. The van der Waals surface area contributed by atoms with Crippen molar-refractivity contribution in [2.24, 2.45) is 4.99 Å². The number of ketones is 1. The van der Waals surface area contributed by atoms with Gasteiger partial charge in [-0.15, -0.1) is 0 Å². The molecule has 1 fully saturated rings. The Balaban J connectivity index is 1.53. The molecule has 174 valence electrons. The molecule has 0 radical (unpaired) electrons. The zero-order chi connectivity index (χ0) is 24.2. The monoisotopic (exact) mass is 475 g/mol. The predicted molar refractivity (Wildman–Crippen MR) is 133 cm³/mol. The van der Waals surface area contributed by atoms with Crippen LogP contribution in [0.2, 0.25) is 0 Å². The smallest absolute Gasteiger partial charge is 0.243 e. The Hall–Kier alpha value is -3.65. The van der Waals surface area contributed by atoms with Crippen LogP contribution < -0.4 is 5.32 Å². The zero-order valence-corrected chi connectivity index (χ0v) is 20.0. The summed E-state index contributed by atoms with van der Waals surface area (Å²) in [5.74, 6) is 0.123. The van der Waals surface area contributed by atoms with Gasteiger partial charge in [-0.1, -0.05) is 30.0 Å². The van der Waals surface area contributed by atoms with Crippen LogP contribution in [0.4, 0.5) is 11.4 Å². The summed E-state index contributed by atoms with van der Waals surface area (Å²) in [6.07, 6.45) is 1.56. The first-order chi connectivity index (χ1) is 16.3. The average molecular weight is 476 g/mol. The first kappa shape index (κ1) is 23.5. The number of hydrogen-bond donors (Lipinski definition) is 1. The van der Waals surface area contributed by atoms with E-state index in [1.165, 1.54) is 18.7 Å². The molecule has 1 N–H and O–H groups in total. The Kier molecular flexibility index (Phi) is 6.98. The standard InChI is InChI=1S/C26H25N3O4S/c1-16-6-4-7-17(2)24(16)28-26-29(15-21-8-5-13-33-21)25(32)22(34-26)14-23(31)27-20-11-9-19(10-12-20)18(3)30/h4-13,22H,14-15H2,1-3H3,(H,27,31). The number of nitrogens with one attached hydrogen (secondary N) is 1. The quantitative estimate of drug-likeness (QED) is 0.471. The van der Waals surface area contributed by atoms with E-state index in [1.807, 2.05) is 32.0 Å². The molecule has 0 spiro atoms. The normalized spacial score (nSPS) is 16.8. The van der Waals surface area contributed by atoms with Crippen LogP contribution in [0.5, 0.6) is 0 Å². The third kappa shape index (κ3) is 5.28. The van der Waals surface area contributed by atoms with Crippen molar-refractivity contribution in [2.45, 2.75) is 39.0 Å². The number of anilines is 1. The maximum Gasteiger partial charge on any atom is 0.243 e. The van der Waals surface area contributed by atoms with Crippen molar-refractivity contribution < 1.29 is 18.8 Å². The fourth-order valence-corrected chi connectivity index (χ4v) is 4.82. The second kappa shape index (κ2) is 10.1. The summed E-state index contributed by atoms with van der Waals surface area (Å²) in [7, 11) is 0. The van der Waals surface area contributed by atoms with E-state index in [2.05, 4.69) is 5.32 Å². The highest BCUT2D eigenvalue weighted by Crippen LogP contribution is 2.34. The van der Waals surface area contributed by atoms with Crippen LogP contribution in [0.3, 0.4) is 0 Å². The van der Waals surface area contributed by atoms with Gasteiger partial charge in [0.15, 0.2) is 11.0 Å². The minimum atomic E-state index is -0.602. The minimum Gasteiger partial charge on any atom is -0.467 e. The molecule has 34 heavy (non-hydrogen) atoms. The van der Waals surface area contributed by atoms with Crippen molar-refractivity contribution in [2.75, 3.05) is 5.32 Å². The third-order valence-electron chi connectivity index (χ3n) is 5.51. The summed E-state index contributed by atoms with van der Waals surface area (Å²) in [4.78, 5) is 43.8. The summed E-state index contributed by atoms with van der Waals surface area (Å²) >= 11 is 1.29. The van der Waals surface area contributed by atoms with E-state index in [-0.39, 0.29) is 30.6 Å². The molecule has 1 aliphatic rings. The van der Waals surface area contributed by atoms with Crippen molar-refractivity contribution in [1.82, 2.24) is 4.90 Å². The average Bonchev–Trinajstić information content (AvgIpc) is 3.41. The molecule has 2 aromatic carbocycles. The molecule has 1 aliphatic heterocycles. The molecule has 3 aromatic rings. The molecule has 1 atom stereocenters. The van der Waals surface area contributed by atoms with Gasteiger partial charge >= 0.3 is 0 Å². The van der Waals surface area contributed by atoms with Gasteiger partial charge in [0.05, 0.1) is 18.5 Å². The predicted octanol–water partition coefficient (Wildman–Crippen LogP) is 5.26. The molecule has 8 heteroatoms. The SMILES string of the molecule is CC(=O)c1ccc(NC(=O)CC2SC(=Nc3c(C)cccc3C)N(Cc3ccco3)C2=O)cc1. The maximum atomic E-state index is 13.3. The first-order valence-electron chi connectivity index (χ1n) is 10.9. The number of carbonyl (C=O) groups is 3. The Morgan fingerprint density at radius 3 is 2.38 bits per heavy atom. The van der Waals surface area contributed by atoms with Crippen molar-refractivity contribution in [3.8, 4) is 0 Å². The van der Waals surface area contributed by atoms with Gasteiger partial charge in [-0.25, -0.2) is 4.99 Å². The molecule has 1 unspecified atom stereocenters. The number of aryl methyl sites for hydroxylation is 2. The lowest BCUT2D eigenvalue weighted by atomic mass is 10.1. The van der Waals surface area contributed by atoms with Gasteiger partial charge in [-0.05, 0) is 68.3 Å². The highest BCUT2D eigenvalue weighted by atomic mass is 32.2. The van der Waals surface area contributed by atoms with Crippen LogP contribution in [0, 0.1) is 13.8 Å². The summed E-state index contributed by atoms with van der Waals surface area (Å²) in [6.45, 7) is 5.69. The fraction of sp³-hybridized carbons (Fsp3) is 0.231. The Morgan fingerprint density at radius 1 is 1.06 bits per heavy atom. The summed E-state index contributed by atoms with van der Waals surface area (Å²) in [5.41, 5.74) is 3.98. The highest BCUT2D eigenvalue weighted by Gasteiger charge is 2.39. The van der Waals surface area contributed by atoms with Gasteiger partial charge in [0.25, 0.3) is 0 Å². The molecule has 4 rings (SSSR count). The number of para-hydroxylation sites is 1. The molecular formula is C26H25N3O4S. The number of amides is 2. The third-order valence-corrected chi connectivity index (χ3v) is 6.68. The highest BCUT2D eigenvalue weighted by molar-refractivity contribution is 8.15. The topological polar surface area (TPSA) is 92.0 Å². The summed E-state index contributed by atoms with van der Waals surface area (Å²) in [5, 5.41) is 2.75. The lowest BCUT2D eigenvalue weighted by Crippen LogP contribution is -2.33. The molecule has 1 aromatic heterocycles. The van der Waals surface area contributed by atoms with Crippen LogP contribution in [0.25, 0.3) is 0 Å². The number of thioether (sulfide) groups is 1. The molecule has 0 bridgehead atoms. The van der Waals surface area contributed by atoms with Crippen molar-refractivity contribution >= 4 is 45.9 Å². The second-order valence-electron chi connectivity index (χ2n) is 8.13. The van der Waals surface area contributed by atoms with Gasteiger partial charge in [0.1, 0.15) is 11.0 Å². The van der Waals surface area contributed by atoms with Gasteiger partial charge in [0, 0.05) is 17.7 Å². The van der Waals surface area contributed by atoms with Gasteiger partial charge in [-0.2, -0.15) is 0 Å². The second-order valence-corrected chi connectivity index (χ2v) is 9.30. The number of aliphatic imine (C=N–C) groups is 1. The van der Waals surface area contributed by atoms with E-state index in [0.717, 1.165) is 16.8 Å². The molecule has 2 heterocycles. The molecule has 1 saturated heterocycles. The number of rotatable bonds is 7. The van der Waals surface area contributed by atoms with Gasteiger partial charge in [-0.3, -0.25) is 19.3 Å². The van der Waals surface area contributed by atoms with Gasteiger partial charge < -0.3 is 9.73 Å². The van der Waals surface area contributed by atoms with Crippen molar-refractivity contribution in [3.05, 3.63) is 83.3 Å². The van der Waals surface area contributed by atoms with E-state index < -0.39 is 5.25 Å². The lowest BCUT2D eigenvalue weighted by molar-refractivity contribution is -0.128. The Morgan fingerprint density at radius 2 is 1.76 bits per heavy atom. The van der Waals surface area contributed by atoms with E-state index >= 15 is 0 Å². The number of furan rings is 1. The van der Waals surface area contributed by atoms with E-state index in [4.69, 9.17) is 9.41 Å². The molecule has 0 aliphatic carbocycles. The first-order valence-corrected chi connectivity index (χ1v) is 11.8. The van der Waals surface area contributed by atoms with Crippen molar-refractivity contribution in [3.63, 3.8) is 0 Å². The maximum absolute atomic E-state index is 13.3. The summed E-state index contributed by atoms with van der Waals surface area (Å²) in [6, 6.07) is 16.2. The largest absolute Gasteiger partial charge is 0.467 e. The number of amidine groups is 1.